The second kappa shape index (κ2) is 7.07. The van der Waals surface area contributed by atoms with Gasteiger partial charge in [0.05, 0.1) is 6.42 Å². The number of nitrogens with zero attached hydrogens (tertiary/aromatic N) is 1. The molecule has 3 rings (SSSR count). The molecule has 5 nitrogen and oxygen atoms in total. The number of amides is 3. The van der Waals surface area contributed by atoms with Gasteiger partial charge in [0.2, 0.25) is 11.8 Å². The van der Waals surface area contributed by atoms with Gasteiger partial charge in [-0.25, -0.2) is 0 Å². The Balaban J connectivity index is 1.65. The molecule has 0 bridgehead atoms. The van der Waals surface area contributed by atoms with Crippen LogP contribution >= 0.6 is 11.6 Å². The van der Waals surface area contributed by atoms with Crippen molar-refractivity contribution in [2.45, 2.75) is 19.8 Å². The maximum Gasteiger partial charge on any atom is 0.260 e. The molecule has 128 valence electrons. The molecule has 0 radical (unpaired) electrons. The van der Waals surface area contributed by atoms with E-state index in [1.165, 1.54) is 0 Å². The predicted molar refractivity (Wildman–Crippen MR) is 95.6 cm³/mol. The first-order valence-electron chi connectivity index (χ1n) is 7.95. The van der Waals surface area contributed by atoms with Gasteiger partial charge in [-0.15, -0.1) is 0 Å². The van der Waals surface area contributed by atoms with E-state index in [2.05, 4.69) is 5.32 Å². The fourth-order valence-electron chi connectivity index (χ4n) is 2.80. The summed E-state index contributed by atoms with van der Waals surface area (Å²) >= 11 is 6.03. The third-order valence-corrected chi connectivity index (χ3v) is 4.65. The molecule has 6 heteroatoms. The van der Waals surface area contributed by atoms with Gasteiger partial charge < -0.3 is 5.32 Å². The van der Waals surface area contributed by atoms with E-state index < -0.39 is 0 Å². The molecular formula is C19H17ClN2O3. The number of imide groups is 1. The second-order valence-electron chi connectivity index (χ2n) is 5.90. The molecule has 0 spiro atoms. The zero-order valence-corrected chi connectivity index (χ0v) is 14.5. The van der Waals surface area contributed by atoms with Gasteiger partial charge in [0.15, 0.2) is 0 Å². The Labute approximate surface area is 150 Å². The first-order valence-corrected chi connectivity index (χ1v) is 8.32. The topological polar surface area (TPSA) is 66.5 Å². The number of hydrogen-bond donors (Lipinski definition) is 1. The third kappa shape index (κ3) is 3.56. The van der Waals surface area contributed by atoms with Crippen LogP contribution in [-0.4, -0.2) is 29.2 Å². The molecule has 0 fully saturated rings. The Morgan fingerprint density at radius 1 is 1.16 bits per heavy atom. The second-order valence-corrected chi connectivity index (χ2v) is 6.30. The Bertz CT molecular complexity index is 863. The van der Waals surface area contributed by atoms with E-state index in [0.717, 1.165) is 16.0 Å². The van der Waals surface area contributed by atoms with Gasteiger partial charge in [-0.3, -0.25) is 19.3 Å². The highest BCUT2D eigenvalue weighted by atomic mass is 35.5. The standard InChI is InChI=1S/C19H17ClN2O3/c1-12-15(20)7-4-8-16(12)21-17(23)9-10-22-18(24)11-13-5-2-3-6-14(13)19(22)25/h2-8H,9-11H2,1H3,(H,21,23). The first kappa shape index (κ1) is 17.2. The van der Waals surface area contributed by atoms with E-state index in [0.29, 0.717) is 16.3 Å². The summed E-state index contributed by atoms with van der Waals surface area (Å²) in [4.78, 5) is 38.0. The van der Waals surface area contributed by atoms with Crippen LogP contribution in [0.4, 0.5) is 5.69 Å². The minimum Gasteiger partial charge on any atom is -0.326 e. The molecule has 3 amide bonds. The lowest BCUT2D eigenvalue weighted by molar-refractivity contribution is -0.128. The van der Waals surface area contributed by atoms with Crippen LogP contribution in [0.25, 0.3) is 0 Å². The summed E-state index contributed by atoms with van der Waals surface area (Å²) in [5, 5.41) is 3.33. The van der Waals surface area contributed by atoms with E-state index in [-0.39, 0.29) is 37.1 Å². The normalized spacial score (nSPS) is 13.6. The van der Waals surface area contributed by atoms with Gasteiger partial charge in [0.1, 0.15) is 0 Å². The van der Waals surface area contributed by atoms with Crippen molar-refractivity contribution in [3.63, 3.8) is 0 Å². The maximum atomic E-state index is 12.5. The summed E-state index contributed by atoms with van der Waals surface area (Å²) in [7, 11) is 0. The average Bonchev–Trinajstić information content (AvgIpc) is 2.59. The Morgan fingerprint density at radius 3 is 2.72 bits per heavy atom. The number of carbonyl (C=O) groups excluding carboxylic acids is 3. The molecule has 1 aliphatic rings. The van der Waals surface area contributed by atoms with Crippen LogP contribution in [0, 0.1) is 6.92 Å². The van der Waals surface area contributed by atoms with Gasteiger partial charge in [-0.05, 0) is 36.2 Å². The number of rotatable bonds is 4. The lowest BCUT2D eigenvalue weighted by Gasteiger charge is -2.26. The van der Waals surface area contributed by atoms with Crippen molar-refractivity contribution >= 4 is 35.0 Å². The average molecular weight is 357 g/mol. The minimum atomic E-state index is -0.349. The summed E-state index contributed by atoms with van der Waals surface area (Å²) in [6, 6.07) is 12.3. The smallest absolute Gasteiger partial charge is 0.260 e. The van der Waals surface area contributed by atoms with Crippen LogP contribution in [0.1, 0.15) is 27.9 Å². The van der Waals surface area contributed by atoms with E-state index in [1.54, 1.807) is 42.5 Å². The molecule has 2 aromatic carbocycles. The fourth-order valence-corrected chi connectivity index (χ4v) is 2.97. The maximum absolute atomic E-state index is 12.5. The number of fused-ring (bicyclic) bond motifs is 1. The molecule has 0 saturated carbocycles. The largest absolute Gasteiger partial charge is 0.326 e. The van der Waals surface area contributed by atoms with Crippen molar-refractivity contribution in [2.24, 2.45) is 0 Å². The van der Waals surface area contributed by atoms with Crippen molar-refractivity contribution in [3.8, 4) is 0 Å². The number of nitrogens with one attached hydrogen (secondary N) is 1. The Kier molecular flexibility index (Phi) is 4.86. The Morgan fingerprint density at radius 2 is 1.92 bits per heavy atom. The Hall–Kier alpha value is -2.66. The van der Waals surface area contributed by atoms with Crippen LogP contribution in [0.5, 0.6) is 0 Å². The summed E-state index contributed by atoms with van der Waals surface area (Å²) < 4.78 is 0. The molecule has 25 heavy (non-hydrogen) atoms. The predicted octanol–water partition coefficient (Wildman–Crippen LogP) is 3.20. The molecule has 1 aliphatic heterocycles. The molecule has 0 aromatic heterocycles. The van der Waals surface area contributed by atoms with Crippen molar-refractivity contribution in [1.29, 1.82) is 0 Å². The highest BCUT2D eigenvalue weighted by Gasteiger charge is 2.30. The molecule has 0 aliphatic carbocycles. The summed E-state index contributed by atoms with van der Waals surface area (Å²) in [5.41, 5.74) is 2.65. The van der Waals surface area contributed by atoms with Crippen LogP contribution in [0.2, 0.25) is 5.02 Å². The van der Waals surface area contributed by atoms with Gasteiger partial charge in [-0.1, -0.05) is 35.9 Å². The number of hydrogen-bond acceptors (Lipinski definition) is 3. The van der Waals surface area contributed by atoms with Gasteiger partial charge >= 0.3 is 0 Å². The van der Waals surface area contributed by atoms with Crippen molar-refractivity contribution < 1.29 is 14.4 Å². The minimum absolute atomic E-state index is 0.0333. The van der Waals surface area contributed by atoms with Crippen molar-refractivity contribution in [2.75, 3.05) is 11.9 Å². The number of halogens is 1. The van der Waals surface area contributed by atoms with Gasteiger partial charge in [0.25, 0.3) is 5.91 Å². The van der Waals surface area contributed by atoms with Gasteiger partial charge in [0, 0.05) is 29.2 Å². The summed E-state index contributed by atoms with van der Waals surface area (Å²) in [6.07, 6.45) is 0.211. The van der Waals surface area contributed by atoms with E-state index in [1.807, 2.05) is 6.92 Å². The number of benzene rings is 2. The molecule has 2 aromatic rings. The van der Waals surface area contributed by atoms with E-state index in [4.69, 9.17) is 11.6 Å². The SMILES string of the molecule is Cc1c(Cl)cccc1NC(=O)CCN1C(=O)Cc2ccccc2C1=O. The van der Waals surface area contributed by atoms with Gasteiger partial charge in [-0.2, -0.15) is 0 Å². The molecule has 0 saturated heterocycles. The van der Waals surface area contributed by atoms with Crippen LogP contribution in [0.15, 0.2) is 42.5 Å². The van der Waals surface area contributed by atoms with E-state index in [9.17, 15) is 14.4 Å². The number of anilines is 1. The molecule has 1 heterocycles. The highest BCUT2D eigenvalue weighted by molar-refractivity contribution is 6.31. The highest BCUT2D eigenvalue weighted by Crippen LogP contribution is 2.23. The lowest BCUT2D eigenvalue weighted by Crippen LogP contribution is -2.43. The van der Waals surface area contributed by atoms with Crippen LogP contribution in [-0.2, 0) is 16.0 Å². The zero-order chi connectivity index (χ0) is 18.0. The van der Waals surface area contributed by atoms with Crippen LogP contribution < -0.4 is 5.32 Å². The van der Waals surface area contributed by atoms with Crippen LogP contribution in [0.3, 0.4) is 0 Å². The first-order chi connectivity index (χ1) is 12.0. The quantitative estimate of drug-likeness (QED) is 0.855. The van der Waals surface area contributed by atoms with E-state index >= 15 is 0 Å². The van der Waals surface area contributed by atoms with Crippen molar-refractivity contribution in [3.05, 3.63) is 64.2 Å². The lowest BCUT2D eigenvalue weighted by atomic mass is 9.98. The molecule has 1 N–H and O–H groups in total. The summed E-state index contributed by atoms with van der Waals surface area (Å²) in [5.74, 6) is -0.904. The zero-order valence-electron chi connectivity index (χ0n) is 13.7. The monoisotopic (exact) mass is 356 g/mol. The molecule has 0 atom stereocenters. The fraction of sp³-hybridized carbons (Fsp3) is 0.211. The number of carbonyl (C=O) groups is 3. The van der Waals surface area contributed by atoms with Crippen molar-refractivity contribution in [1.82, 2.24) is 4.90 Å². The molecule has 0 unspecified atom stereocenters. The summed E-state index contributed by atoms with van der Waals surface area (Å²) in [6.45, 7) is 1.87. The third-order valence-electron chi connectivity index (χ3n) is 4.24. The molecular weight excluding hydrogens is 340 g/mol.